The summed E-state index contributed by atoms with van der Waals surface area (Å²) in [6, 6.07) is 10.2. The second kappa shape index (κ2) is 5.68. The van der Waals surface area contributed by atoms with E-state index in [9.17, 15) is 9.50 Å². The summed E-state index contributed by atoms with van der Waals surface area (Å²) in [5.41, 5.74) is 2.36. The standard InChI is InChI=1S/C16H12Cl2FNO/c17-12-4-5-13-11(9-21)8-20(15(13)6-12)7-10-2-1-3-14(19)16(10)18/h1-6,8,21H,7,9H2. The maximum absolute atomic E-state index is 13.5. The zero-order valence-corrected chi connectivity index (χ0v) is 12.5. The number of aliphatic hydroxyl groups excluding tert-OH is 1. The molecule has 108 valence electrons. The van der Waals surface area contributed by atoms with E-state index in [0.29, 0.717) is 17.1 Å². The fraction of sp³-hybridized carbons (Fsp3) is 0.125. The van der Waals surface area contributed by atoms with Crippen LogP contribution in [0.25, 0.3) is 10.9 Å². The van der Waals surface area contributed by atoms with Crippen LogP contribution in [0, 0.1) is 5.82 Å². The van der Waals surface area contributed by atoms with Gasteiger partial charge in [0, 0.05) is 28.7 Å². The molecule has 0 atom stereocenters. The van der Waals surface area contributed by atoms with E-state index in [0.717, 1.165) is 16.5 Å². The highest BCUT2D eigenvalue weighted by molar-refractivity contribution is 6.31. The molecule has 0 fully saturated rings. The SMILES string of the molecule is OCc1cn(Cc2cccc(F)c2Cl)c2cc(Cl)ccc12. The van der Waals surface area contributed by atoms with Crippen LogP contribution in [0.2, 0.25) is 10.0 Å². The fourth-order valence-corrected chi connectivity index (χ4v) is 2.80. The predicted octanol–water partition coefficient (Wildman–Crippen LogP) is 4.63. The zero-order valence-electron chi connectivity index (χ0n) is 11.0. The molecular formula is C16H12Cl2FNO. The van der Waals surface area contributed by atoms with Gasteiger partial charge < -0.3 is 9.67 Å². The molecule has 0 radical (unpaired) electrons. The minimum Gasteiger partial charge on any atom is -0.392 e. The first-order valence-corrected chi connectivity index (χ1v) is 7.16. The van der Waals surface area contributed by atoms with Crippen molar-refractivity contribution in [2.75, 3.05) is 0 Å². The van der Waals surface area contributed by atoms with Gasteiger partial charge in [0.25, 0.3) is 0 Å². The highest BCUT2D eigenvalue weighted by atomic mass is 35.5. The normalized spacial score (nSPS) is 11.2. The third-order valence-corrected chi connectivity index (χ3v) is 4.13. The molecule has 3 rings (SSSR count). The third kappa shape index (κ3) is 2.64. The largest absolute Gasteiger partial charge is 0.392 e. The van der Waals surface area contributed by atoms with Crippen LogP contribution < -0.4 is 0 Å². The summed E-state index contributed by atoms with van der Waals surface area (Å²) in [5.74, 6) is -0.439. The van der Waals surface area contributed by atoms with Gasteiger partial charge in [-0.1, -0.05) is 41.4 Å². The Morgan fingerprint density at radius 2 is 1.90 bits per heavy atom. The molecule has 0 unspecified atom stereocenters. The average Bonchev–Trinajstić information content (AvgIpc) is 2.81. The van der Waals surface area contributed by atoms with Crippen LogP contribution in [0.5, 0.6) is 0 Å². The number of halogens is 3. The Bertz CT molecular complexity index is 813. The Morgan fingerprint density at radius 3 is 2.67 bits per heavy atom. The second-order valence-corrected chi connectivity index (χ2v) is 5.63. The lowest BCUT2D eigenvalue weighted by Crippen LogP contribution is -1.99. The molecule has 0 saturated heterocycles. The predicted molar refractivity (Wildman–Crippen MR) is 83.4 cm³/mol. The lowest BCUT2D eigenvalue weighted by atomic mass is 10.2. The van der Waals surface area contributed by atoms with Gasteiger partial charge in [-0.05, 0) is 23.8 Å². The number of hydrogen-bond donors (Lipinski definition) is 1. The van der Waals surface area contributed by atoms with Crippen LogP contribution in [0.1, 0.15) is 11.1 Å². The summed E-state index contributed by atoms with van der Waals surface area (Å²) in [6.07, 6.45) is 1.84. The molecule has 0 saturated carbocycles. The third-order valence-electron chi connectivity index (χ3n) is 3.47. The number of fused-ring (bicyclic) bond motifs is 1. The number of nitrogens with zero attached hydrogens (tertiary/aromatic N) is 1. The lowest BCUT2D eigenvalue weighted by Gasteiger charge is -2.08. The monoisotopic (exact) mass is 323 g/mol. The Balaban J connectivity index is 2.12. The van der Waals surface area contributed by atoms with Gasteiger partial charge in [0.15, 0.2) is 0 Å². The topological polar surface area (TPSA) is 25.2 Å². The van der Waals surface area contributed by atoms with Gasteiger partial charge in [0.05, 0.1) is 17.1 Å². The van der Waals surface area contributed by atoms with Gasteiger partial charge in [0.2, 0.25) is 0 Å². The molecule has 21 heavy (non-hydrogen) atoms. The van der Waals surface area contributed by atoms with Gasteiger partial charge in [-0.3, -0.25) is 0 Å². The van der Waals surface area contributed by atoms with E-state index in [-0.39, 0.29) is 11.6 Å². The van der Waals surface area contributed by atoms with Gasteiger partial charge in [-0.25, -0.2) is 4.39 Å². The highest BCUT2D eigenvalue weighted by Crippen LogP contribution is 2.27. The summed E-state index contributed by atoms with van der Waals surface area (Å²) >= 11 is 12.0. The van der Waals surface area contributed by atoms with E-state index in [1.807, 2.05) is 22.9 Å². The molecule has 0 amide bonds. The van der Waals surface area contributed by atoms with E-state index in [2.05, 4.69) is 0 Å². The van der Waals surface area contributed by atoms with Gasteiger partial charge >= 0.3 is 0 Å². The van der Waals surface area contributed by atoms with E-state index in [1.165, 1.54) is 6.07 Å². The Kier molecular flexibility index (Phi) is 3.89. The number of aliphatic hydroxyl groups is 1. The second-order valence-electron chi connectivity index (χ2n) is 4.81. The number of aromatic nitrogens is 1. The first-order chi connectivity index (χ1) is 10.1. The molecule has 1 heterocycles. The number of benzene rings is 2. The van der Waals surface area contributed by atoms with Crippen LogP contribution in [0.4, 0.5) is 4.39 Å². The van der Waals surface area contributed by atoms with Crippen LogP contribution in [0.3, 0.4) is 0 Å². The van der Waals surface area contributed by atoms with E-state index in [4.69, 9.17) is 23.2 Å². The van der Waals surface area contributed by atoms with Crippen molar-refractivity contribution < 1.29 is 9.50 Å². The van der Waals surface area contributed by atoms with Crippen molar-refractivity contribution in [3.05, 3.63) is 69.6 Å². The maximum Gasteiger partial charge on any atom is 0.142 e. The molecule has 0 aliphatic heterocycles. The maximum atomic E-state index is 13.5. The molecule has 0 bridgehead atoms. The Morgan fingerprint density at radius 1 is 1.10 bits per heavy atom. The average molecular weight is 324 g/mol. The smallest absolute Gasteiger partial charge is 0.142 e. The summed E-state index contributed by atoms with van der Waals surface area (Å²) in [7, 11) is 0. The molecule has 2 aromatic carbocycles. The van der Waals surface area contributed by atoms with Crippen LogP contribution >= 0.6 is 23.2 Å². The molecule has 1 aromatic heterocycles. The van der Waals surface area contributed by atoms with Crippen molar-refractivity contribution in [2.24, 2.45) is 0 Å². The first-order valence-electron chi connectivity index (χ1n) is 6.41. The van der Waals surface area contributed by atoms with E-state index in [1.54, 1.807) is 18.2 Å². The Labute approximate surface area is 131 Å². The van der Waals surface area contributed by atoms with Crippen LogP contribution in [-0.2, 0) is 13.2 Å². The molecule has 3 aromatic rings. The number of hydrogen-bond acceptors (Lipinski definition) is 1. The van der Waals surface area contributed by atoms with Crippen molar-refractivity contribution in [1.82, 2.24) is 4.57 Å². The molecule has 0 aliphatic carbocycles. The molecule has 0 spiro atoms. The summed E-state index contributed by atoms with van der Waals surface area (Å²) in [4.78, 5) is 0. The highest BCUT2D eigenvalue weighted by Gasteiger charge is 2.11. The van der Waals surface area contributed by atoms with E-state index < -0.39 is 5.82 Å². The minimum absolute atomic E-state index is 0.0674. The minimum atomic E-state index is -0.439. The van der Waals surface area contributed by atoms with Crippen molar-refractivity contribution in [2.45, 2.75) is 13.2 Å². The fourth-order valence-electron chi connectivity index (χ4n) is 2.45. The molecule has 2 nitrogen and oxygen atoms in total. The van der Waals surface area contributed by atoms with Crippen molar-refractivity contribution in [1.29, 1.82) is 0 Å². The number of rotatable bonds is 3. The lowest BCUT2D eigenvalue weighted by molar-refractivity contribution is 0.283. The molecule has 5 heteroatoms. The first kappa shape index (κ1) is 14.4. The van der Waals surface area contributed by atoms with Gasteiger partial charge in [0.1, 0.15) is 5.82 Å². The van der Waals surface area contributed by atoms with Crippen molar-refractivity contribution in [3.8, 4) is 0 Å². The van der Waals surface area contributed by atoms with Crippen LogP contribution in [-0.4, -0.2) is 9.67 Å². The molecule has 0 aliphatic rings. The molecular weight excluding hydrogens is 312 g/mol. The summed E-state index contributed by atoms with van der Waals surface area (Å²) in [5, 5.41) is 11.1. The van der Waals surface area contributed by atoms with Crippen LogP contribution in [0.15, 0.2) is 42.6 Å². The van der Waals surface area contributed by atoms with Crippen molar-refractivity contribution >= 4 is 34.1 Å². The molecule has 1 N–H and O–H groups in total. The quantitative estimate of drug-likeness (QED) is 0.747. The zero-order chi connectivity index (χ0) is 15.0. The van der Waals surface area contributed by atoms with Crippen molar-refractivity contribution in [3.63, 3.8) is 0 Å². The summed E-state index contributed by atoms with van der Waals surface area (Å²) < 4.78 is 15.4. The van der Waals surface area contributed by atoms with Gasteiger partial charge in [-0.15, -0.1) is 0 Å². The summed E-state index contributed by atoms with van der Waals surface area (Å²) in [6.45, 7) is 0.343. The van der Waals surface area contributed by atoms with E-state index >= 15 is 0 Å². The van der Waals surface area contributed by atoms with Gasteiger partial charge in [-0.2, -0.15) is 0 Å². The Hall–Kier alpha value is -1.55.